The molecule has 0 fully saturated rings. The van der Waals surface area contributed by atoms with Crippen molar-refractivity contribution in [3.63, 3.8) is 0 Å². The molecule has 0 aliphatic carbocycles. The number of benzene rings is 2. The zero-order chi connectivity index (χ0) is 16.9. The van der Waals surface area contributed by atoms with Gasteiger partial charge in [-0.3, -0.25) is 4.79 Å². The molecule has 3 aromatic rings. The van der Waals surface area contributed by atoms with E-state index in [0.717, 1.165) is 0 Å². The van der Waals surface area contributed by atoms with E-state index in [0.29, 0.717) is 4.88 Å². The van der Waals surface area contributed by atoms with Crippen molar-refractivity contribution >= 4 is 23.1 Å². The lowest BCUT2D eigenvalue weighted by Gasteiger charge is -2.09. The van der Waals surface area contributed by atoms with Crippen LogP contribution in [0.2, 0.25) is 0 Å². The fraction of sp³-hybridized carbons (Fsp3) is 0.0526. The molecule has 2 aromatic carbocycles. The number of thiophene rings is 1. The Kier molecular flexibility index (Phi) is 4.82. The molecule has 1 heterocycles. The molecular formula is C19H13FO3S. The van der Waals surface area contributed by atoms with E-state index in [1.165, 1.54) is 23.5 Å². The summed E-state index contributed by atoms with van der Waals surface area (Å²) >= 11 is 1.31. The standard InChI is InChI=1S/C19H13FO3S/c20-16-9-4-1-6-13(16)12-23-19(22)15-8-3-2-7-14(15)18(21)17-10-5-11-24-17/h1-11H,12H2. The molecule has 1 aromatic heterocycles. The van der Waals surface area contributed by atoms with Gasteiger partial charge in [0.1, 0.15) is 12.4 Å². The number of rotatable bonds is 5. The number of hydrogen-bond donors (Lipinski definition) is 0. The molecule has 0 amide bonds. The van der Waals surface area contributed by atoms with E-state index in [2.05, 4.69) is 0 Å². The Balaban J connectivity index is 1.81. The van der Waals surface area contributed by atoms with Crippen molar-refractivity contribution in [1.82, 2.24) is 0 Å². The topological polar surface area (TPSA) is 43.4 Å². The van der Waals surface area contributed by atoms with Crippen LogP contribution in [0.5, 0.6) is 0 Å². The van der Waals surface area contributed by atoms with E-state index in [4.69, 9.17) is 4.74 Å². The van der Waals surface area contributed by atoms with Gasteiger partial charge in [-0.2, -0.15) is 0 Å². The summed E-state index contributed by atoms with van der Waals surface area (Å²) in [6, 6.07) is 16.0. The van der Waals surface area contributed by atoms with Crippen molar-refractivity contribution in [2.24, 2.45) is 0 Å². The lowest BCUT2D eigenvalue weighted by atomic mass is 10.0. The maximum Gasteiger partial charge on any atom is 0.339 e. The van der Waals surface area contributed by atoms with Gasteiger partial charge in [0.25, 0.3) is 0 Å². The Morgan fingerprint density at radius 2 is 1.62 bits per heavy atom. The number of hydrogen-bond acceptors (Lipinski definition) is 4. The SMILES string of the molecule is O=C(OCc1ccccc1F)c1ccccc1C(=O)c1cccs1. The molecule has 0 N–H and O–H groups in total. The average Bonchev–Trinajstić information content (AvgIpc) is 3.15. The number of halogens is 1. The Morgan fingerprint density at radius 3 is 2.33 bits per heavy atom. The third-order valence-electron chi connectivity index (χ3n) is 3.45. The molecule has 3 rings (SSSR count). The highest BCUT2D eigenvalue weighted by Crippen LogP contribution is 2.19. The van der Waals surface area contributed by atoms with Gasteiger partial charge in [0.05, 0.1) is 10.4 Å². The fourth-order valence-corrected chi connectivity index (χ4v) is 2.91. The molecule has 0 aliphatic heterocycles. The van der Waals surface area contributed by atoms with E-state index in [-0.39, 0.29) is 29.1 Å². The summed E-state index contributed by atoms with van der Waals surface area (Å²) in [6.07, 6.45) is 0. The van der Waals surface area contributed by atoms with Gasteiger partial charge in [-0.05, 0) is 23.6 Å². The zero-order valence-corrected chi connectivity index (χ0v) is 13.4. The van der Waals surface area contributed by atoms with Crippen LogP contribution < -0.4 is 0 Å². The summed E-state index contributed by atoms with van der Waals surface area (Å²) in [5.74, 6) is -1.32. The van der Waals surface area contributed by atoms with E-state index in [9.17, 15) is 14.0 Å². The maximum absolute atomic E-state index is 13.6. The Morgan fingerprint density at radius 1 is 0.917 bits per heavy atom. The van der Waals surface area contributed by atoms with Crippen molar-refractivity contribution in [2.75, 3.05) is 0 Å². The molecule has 120 valence electrons. The van der Waals surface area contributed by atoms with Crippen molar-refractivity contribution in [2.45, 2.75) is 6.61 Å². The summed E-state index contributed by atoms with van der Waals surface area (Å²) in [5, 5.41) is 1.80. The van der Waals surface area contributed by atoms with E-state index >= 15 is 0 Å². The Bertz CT molecular complexity index is 872. The predicted octanol–water partition coefficient (Wildman–Crippen LogP) is 4.48. The van der Waals surface area contributed by atoms with Crippen LogP contribution in [0.25, 0.3) is 0 Å². The molecule has 3 nitrogen and oxygen atoms in total. The second-order valence-electron chi connectivity index (χ2n) is 5.02. The van der Waals surface area contributed by atoms with Crippen LogP contribution in [0, 0.1) is 5.82 Å². The summed E-state index contributed by atoms with van der Waals surface area (Å²) in [7, 11) is 0. The van der Waals surface area contributed by atoms with Crippen LogP contribution in [0.3, 0.4) is 0 Å². The van der Waals surface area contributed by atoms with Gasteiger partial charge < -0.3 is 4.74 Å². The summed E-state index contributed by atoms with van der Waals surface area (Å²) in [6.45, 7) is -0.187. The second-order valence-corrected chi connectivity index (χ2v) is 5.97. The van der Waals surface area contributed by atoms with Crippen molar-refractivity contribution < 1.29 is 18.7 Å². The smallest absolute Gasteiger partial charge is 0.339 e. The monoisotopic (exact) mass is 340 g/mol. The minimum absolute atomic E-state index is 0.173. The van der Waals surface area contributed by atoms with E-state index in [1.54, 1.807) is 53.9 Å². The van der Waals surface area contributed by atoms with Gasteiger partial charge in [0, 0.05) is 11.1 Å². The third kappa shape index (κ3) is 3.41. The average molecular weight is 340 g/mol. The molecule has 0 saturated heterocycles. The van der Waals surface area contributed by atoms with Crippen LogP contribution in [0.15, 0.2) is 66.0 Å². The minimum Gasteiger partial charge on any atom is -0.457 e. The highest BCUT2D eigenvalue weighted by molar-refractivity contribution is 7.12. The summed E-state index contributed by atoms with van der Waals surface area (Å²) in [5.41, 5.74) is 0.735. The molecule has 24 heavy (non-hydrogen) atoms. The highest BCUT2D eigenvalue weighted by atomic mass is 32.1. The number of ketones is 1. The first kappa shape index (κ1) is 16.1. The fourth-order valence-electron chi connectivity index (χ4n) is 2.24. The minimum atomic E-state index is -0.654. The molecule has 0 spiro atoms. The third-order valence-corrected chi connectivity index (χ3v) is 4.32. The zero-order valence-electron chi connectivity index (χ0n) is 12.6. The Labute approximate surface area is 142 Å². The predicted molar refractivity (Wildman–Crippen MR) is 89.7 cm³/mol. The van der Waals surface area contributed by atoms with Gasteiger partial charge in [0.15, 0.2) is 0 Å². The Hall–Kier alpha value is -2.79. The van der Waals surface area contributed by atoms with Gasteiger partial charge in [0.2, 0.25) is 5.78 Å². The van der Waals surface area contributed by atoms with Crippen molar-refractivity contribution in [3.8, 4) is 0 Å². The van der Waals surface area contributed by atoms with Crippen LogP contribution in [0.1, 0.15) is 31.2 Å². The first-order chi connectivity index (χ1) is 11.7. The van der Waals surface area contributed by atoms with Gasteiger partial charge >= 0.3 is 5.97 Å². The van der Waals surface area contributed by atoms with Crippen LogP contribution >= 0.6 is 11.3 Å². The molecule has 0 saturated carbocycles. The van der Waals surface area contributed by atoms with E-state index in [1.807, 2.05) is 0 Å². The first-order valence-electron chi connectivity index (χ1n) is 7.24. The van der Waals surface area contributed by atoms with Gasteiger partial charge in [-0.15, -0.1) is 11.3 Å². The number of carbonyl (C=O) groups is 2. The number of carbonyl (C=O) groups excluding carboxylic acids is 2. The highest BCUT2D eigenvalue weighted by Gasteiger charge is 2.20. The van der Waals surface area contributed by atoms with E-state index < -0.39 is 11.8 Å². The summed E-state index contributed by atoms with van der Waals surface area (Å²) < 4.78 is 18.8. The van der Waals surface area contributed by atoms with Crippen LogP contribution in [-0.4, -0.2) is 11.8 Å². The maximum atomic E-state index is 13.6. The molecule has 0 radical (unpaired) electrons. The quantitative estimate of drug-likeness (QED) is 0.508. The van der Waals surface area contributed by atoms with Crippen molar-refractivity contribution in [1.29, 1.82) is 0 Å². The van der Waals surface area contributed by atoms with Gasteiger partial charge in [-0.25, -0.2) is 9.18 Å². The second kappa shape index (κ2) is 7.19. The molecular weight excluding hydrogens is 327 g/mol. The normalized spacial score (nSPS) is 10.4. The molecule has 5 heteroatoms. The largest absolute Gasteiger partial charge is 0.457 e. The van der Waals surface area contributed by atoms with Crippen molar-refractivity contribution in [3.05, 3.63) is 93.4 Å². The van der Waals surface area contributed by atoms with Crippen LogP contribution in [-0.2, 0) is 11.3 Å². The first-order valence-corrected chi connectivity index (χ1v) is 8.12. The lowest BCUT2D eigenvalue weighted by Crippen LogP contribution is -2.12. The van der Waals surface area contributed by atoms with Gasteiger partial charge in [-0.1, -0.05) is 42.5 Å². The number of ether oxygens (including phenoxy) is 1. The van der Waals surface area contributed by atoms with Crippen LogP contribution in [0.4, 0.5) is 4.39 Å². The molecule has 0 unspecified atom stereocenters. The molecule has 0 bridgehead atoms. The molecule has 0 atom stereocenters. The number of esters is 1. The summed E-state index contributed by atoms with van der Waals surface area (Å²) in [4.78, 5) is 25.4. The molecule has 0 aliphatic rings. The lowest BCUT2D eigenvalue weighted by molar-refractivity contribution is 0.0466.